The van der Waals surface area contributed by atoms with Crippen molar-refractivity contribution in [2.24, 2.45) is 27.9 Å². The van der Waals surface area contributed by atoms with E-state index in [0.29, 0.717) is 38.9 Å². The lowest BCUT2D eigenvalue weighted by Gasteiger charge is -2.28. The number of rotatable bonds is 14. The fraction of sp³-hybridized carbons (Fsp3) is 0.842. The summed E-state index contributed by atoms with van der Waals surface area (Å²) in [6, 6.07) is -0.676. The van der Waals surface area contributed by atoms with Gasteiger partial charge in [-0.25, -0.2) is 0 Å². The highest BCUT2D eigenvalue weighted by Crippen LogP contribution is 2.19. The summed E-state index contributed by atoms with van der Waals surface area (Å²) in [5.41, 5.74) is 22.4. The summed E-state index contributed by atoms with van der Waals surface area (Å²) in [5, 5.41) is 2.95. The molecule has 1 heterocycles. The Hall–Kier alpha value is -1.71. The van der Waals surface area contributed by atoms with Crippen LogP contribution >= 0.6 is 0 Å². The van der Waals surface area contributed by atoms with E-state index in [9.17, 15) is 9.59 Å². The highest BCUT2D eigenvalue weighted by molar-refractivity contribution is 5.90. The van der Waals surface area contributed by atoms with Gasteiger partial charge in [-0.15, -0.1) is 0 Å². The number of aliphatic imine (C=N–C) groups is 1. The van der Waals surface area contributed by atoms with Crippen LogP contribution < -0.4 is 28.3 Å². The van der Waals surface area contributed by atoms with Crippen LogP contribution in [-0.2, 0) is 9.59 Å². The van der Waals surface area contributed by atoms with Crippen LogP contribution in [0.25, 0.3) is 0 Å². The maximum atomic E-state index is 12.8. The van der Waals surface area contributed by atoms with Gasteiger partial charge in [-0.1, -0.05) is 13.3 Å². The predicted octanol–water partition coefficient (Wildman–Crippen LogP) is -0.575. The van der Waals surface area contributed by atoms with E-state index >= 15 is 0 Å². The Balaban J connectivity index is 2.56. The van der Waals surface area contributed by atoms with Crippen LogP contribution in [0.3, 0.4) is 0 Å². The summed E-state index contributed by atoms with van der Waals surface area (Å²) in [6.45, 7) is 4.48. The zero-order valence-electron chi connectivity index (χ0n) is 17.2. The monoisotopic (exact) mass is 397 g/mol. The zero-order chi connectivity index (χ0) is 20.9. The van der Waals surface area contributed by atoms with Gasteiger partial charge in [-0.05, 0) is 51.6 Å². The number of ketones is 1. The van der Waals surface area contributed by atoms with Gasteiger partial charge >= 0.3 is 0 Å². The molecule has 0 aliphatic carbocycles. The SMILES string of the molecule is CCC(=O)C(CCCN=C(N)N)NC(=O)C1CCCN1CC(N)CCCCN. The number of hydrogen-bond donors (Lipinski definition) is 5. The number of unbranched alkanes of at least 4 members (excludes halogenated alkanes) is 1. The molecule has 0 spiro atoms. The normalized spacial score (nSPS) is 19.2. The maximum absolute atomic E-state index is 12.8. The number of Topliss-reactive ketones (excluding diaryl/α,β-unsaturated/α-hetero) is 1. The fourth-order valence-corrected chi connectivity index (χ4v) is 3.62. The molecule has 1 aliphatic rings. The Labute approximate surface area is 168 Å². The third-order valence-electron chi connectivity index (χ3n) is 5.16. The Morgan fingerprint density at radius 1 is 1.21 bits per heavy atom. The Morgan fingerprint density at radius 2 is 1.96 bits per heavy atom. The lowest BCUT2D eigenvalue weighted by molar-refractivity contribution is -0.130. The molecule has 0 aromatic heterocycles. The minimum absolute atomic E-state index is 0.0288. The third kappa shape index (κ3) is 8.99. The molecule has 9 N–H and O–H groups in total. The van der Waals surface area contributed by atoms with Crippen LogP contribution in [0.2, 0.25) is 0 Å². The number of carbonyl (C=O) groups is 2. The molecule has 0 aromatic rings. The van der Waals surface area contributed by atoms with E-state index in [2.05, 4.69) is 15.2 Å². The van der Waals surface area contributed by atoms with Crippen molar-refractivity contribution >= 4 is 17.6 Å². The van der Waals surface area contributed by atoms with Crippen LogP contribution in [0.15, 0.2) is 4.99 Å². The summed E-state index contributed by atoms with van der Waals surface area (Å²) in [4.78, 5) is 31.2. The maximum Gasteiger partial charge on any atom is 0.237 e. The topological polar surface area (TPSA) is 166 Å². The van der Waals surface area contributed by atoms with E-state index in [1.54, 1.807) is 6.92 Å². The Morgan fingerprint density at radius 3 is 2.61 bits per heavy atom. The lowest BCUT2D eigenvalue weighted by Crippen LogP contribution is -2.51. The first kappa shape index (κ1) is 24.3. The summed E-state index contributed by atoms with van der Waals surface area (Å²) in [5.74, 6) is -0.0202. The largest absolute Gasteiger partial charge is 0.370 e. The van der Waals surface area contributed by atoms with Crippen molar-refractivity contribution in [2.75, 3.05) is 26.2 Å². The number of carbonyl (C=O) groups excluding carboxylic acids is 2. The molecule has 28 heavy (non-hydrogen) atoms. The zero-order valence-corrected chi connectivity index (χ0v) is 17.2. The quantitative estimate of drug-likeness (QED) is 0.149. The third-order valence-corrected chi connectivity index (χ3v) is 5.16. The van der Waals surface area contributed by atoms with Crippen LogP contribution in [0, 0.1) is 0 Å². The second-order valence-electron chi connectivity index (χ2n) is 7.53. The average Bonchev–Trinajstić information content (AvgIpc) is 3.11. The van der Waals surface area contributed by atoms with Gasteiger partial charge in [0, 0.05) is 25.6 Å². The second kappa shape index (κ2) is 13.5. The number of nitrogens with two attached hydrogens (primary N) is 4. The predicted molar refractivity (Wildman–Crippen MR) is 113 cm³/mol. The highest BCUT2D eigenvalue weighted by Gasteiger charge is 2.33. The van der Waals surface area contributed by atoms with Crippen LogP contribution in [0.1, 0.15) is 58.3 Å². The fourth-order valence-electron chi connectivity index (χ4n) is 3.62. The van der Waals surface area contributed by atoms with Gasteiger partial charge < -0.3 is 28.3 Å². The van der Waals surface area contributed by atoms with Gasteiger partial charge in [-0.2, -0.15) is 0 Å². The first-order valence-electron chi connectivity index (χ1n) is 10.5. The minimum atomic E-state index is -0.493. The van der Waals surface area contributed by atoms with Crippen molar-refractivity contribution < 1.29 is 9.59 Å². The molecule has 0 saturated carbocycles. The average molecular weight is 398 g/mol. The Kier molecular flexibility index (Phi) is 11.7. The van der Waals surface area contributed by atoms with Crippen molar-refractivity contribution in [1.29, 1.82) is 0 Å². The summed E-state index contributed by atoms with van der Waals surface area (Å²) >= 11 is 0. The number of hydrogen-bond acceptors (Lipinski definition) is 6. The smallest absolute Gasteiger partial charge is 0.237 e. The highest BCUT2D eigenvalue weighted by atomic mass is 16.2. The van der Waals surface area contributed by atoms with Gasteiger partial charge in [0.2, 0.25) is 5.91 Å². The molecule has 1 fully saturated rings. The molecule has 1 rings (SSSR count). The van der Waals surface area contributed by atoms with Crippen molar-refractivity contribution in [2.45, 2.75) is 76.4 Å². The van der Waals surface area contributed by atoms with E-state index < -0.39 is 6.04 Å². The van der Waals surface area contributed by atoms with Crippen molar-refractivity contribution in [3.63, 3.8) is 0 Å². The molecule has 9 heteroatoms. The van der Waals surface area contributed by atoms with Crippen molar-refractivity contribution in [3.8, 4) is 0 Å². The molecule has 1 saturated heterocycles. The van der Waals surface area contributed by atoms with E-state index in [4.69, 9.17) is 22.9 Å². The molecular weight excluding hydrogens is 358 g/mol. The van der Waals surface area contributed by atoms with Crippen molar-refractivity contribution in [1.82, 2.24) is 10.2 Å². The summed E-state index contributed by atoms with van der Waals surface area (Å²) < 4.78 is 0. The summed E-state index contributed by atoms with van der Waals surface area (Å²) in [6.07, 6.45) is 6.18. The molecular formula is C19H39N7O2. The van der Waals surface area contributed by atoms with Gasteiger partial charge in [0.05, 0.1) is 12.1 Å². The van der Waals surface area contributed by atoms with E-state index in [-0.39, 0.29) is 29.7 Å². The van der Waals surface area contributed by atoms with Gasteiger partial charge in [0.25, 0.3) is 0 Å². The lowest BCUT2D eigenvalue weighted by atomic mass is 10.0. The molecule has 0 aromatic carbocycles. The number of guanidine groups is 1. The van der Waals surface area contributed by atoms with Gasteiger partial charge in [0.1, 0.15) is 0 Å². The van der Waals surface area contributed by atoms with Crippen LogP contribution in [-0.4, -0.2) is 66.9 Å². The molecule has 1 aliphatic heterocycles. The number of nitrogens with zero attached hydrogens (tertiary/aromatic N) is 2. The summed E-state index contributed by atoms with van der Waals surface area (Å²) in [7, 11) is 0. The first-order valence-corrected chi connectivity index (χ1v) is 10.5. The van der Waals surface area contributed by atoms with Gasteiger partial charge in [0.15, 0.2) is 11.7 Å². The molecule has 162 valence electrons. The molecule has 9 nitrogen and oxygen atoms in total. The molecule has 0 radical (unpaired) electrons. The molecule has 1 amide bonds. The van der Waals surface area contributed by atoms with E-state index in [0.717, 1.165) is 38.6 Å². The van der Waals surface area contributed by atoms with Gasteiger partial charge in [-0.3, -0.25) is 19.5 Å². The molecule has 3 unspecified atom stereocenters. The number of nitrogens with one attached hydrogen (secondary N) is 1. The van der Waals surface area contributed by atoms with Crippen LogP contribution in [0.5, 0.6) is 0 Å². The Bertz CT molecular complexity index is 509. The number of likely N-dealkylation sites (tertiary alicyclic amines) is 1. The van der Waals surface area contributed by atoms with Crippen LogP contribution in [0.4, 0.5) is 0 Å². The second-order valence-corrected chi connectivity index (χ2v) is 7.53. The van der Waals surface area contributed by atoms with E-state index in [1.807, 2.05) is 0 Å². The van der Waals surface area contributed by atoms with Crippen molar-refractivity contribution in [3.05, 3.63) is 0 Å². The molecule has 3 atom stereocenters. The van der Waals surface area contributed by atoms with E-state index in [1.165, 1.54) is 0 Å². The standard InChI is InChI=1S/C19H39N7O2/c1-2-17(27)15(8-5-11-24-19(22)23)25-18(28)16-9-6-12-26(16)13-14(21)7-3-4-10-20/h14-16H,2-13,20-21H2,1H3,(H,25,28)(H4,22,23,24). The first-order chi connectivity index (χ1) is 13.4. The molecule has 0 bridgehead atoms. The number of amides is 1. The minimum Gasteiger partial charge on any atom is -0.370 e.